The fraction of sp³-hybridized carbons (Fsp3) is 0.0667. The van der Waals surface area contributed by atoms with E-state index in [-0.39, 0.29) is 6.42 Å². The zero-order chi connectivity index (χ0) is 24.2. The van der Waals surface area contributed by atoms with Gasteiger partial charge in [0.2, 0.25) is 0 Å². The Morgan fingerprint density at radius 3 is 2.31 bits per heavy atom. The van der Waals surface area contributed by atoms with Crippen molar-refractivity contribution in [3.63, 3.8) is 0 Å². The molecule has 0 atom stereocenters. The van der Waals surface area contributed by atoms with E-state index in [4.69, 9.17) is 21.4 Å². The van der Waals surface area contributed by atoms with Gasteiger partial charge in [-0.25, -0.2) is 0 Å². The number of carboxylic acid groups (broad SMARTS) is 1. The second kappa shape index (κ2) is 10.00. The molecular weight excluding hydrogens is 458 g/mol. The van der Waals surface area contributed by atoms with Crippen molar-refractivity contribution in [2.45, 2.75) is 13.0 Å². The number of aliphatic carboxylic acids is 1. The van der Waals surface area contributed by atoms with Crippen LogP contribution in [0.2, 0.25) is 5.02 Å². The lowest BCUT2D eigenvalue weighted by Crippen LogP contribution is -2.01. The predicted molar refractivity (Wildman–Crippen MR) is 140 cm³/mol. The van der Waals surface area contributed by atoms with Gasteiger partial charge in [-0.1, -0.05) is 90.5 Å². The maximum atomic E-state index is 10.9. The van der Waals surface area contributed by atoms with Crippen LogP contribution in [0.5, 0.6) is 5.75 Å². The van der Waals surface area contributed by atoms with E-state index in [1.807, 2.05) is 85.1 Å². The largest absolute Gasteiger partial charge is 0.489 e. The average Bonchev–Trinajstić information content (AvgIpc) is 2.88. The van der Waals surface area contributed by atoms with Crippen LogP contribution in [0.15, 0.2) is 103 Å². The zero-order valence-corrected chi connectivity index (χ0v) is 19.6. The van der Waals surface area contributed by atoms with Crippen LogP contribution in [0.25, 0.3) is 33.2 Å². The van der Waals surface area contributed by atoms with E-state index < -0.39 is 5.97 Å². The summed E-state index contributed by atoms with van der Waals surface area (Å²) in [6, 6.07) is 31.5. The number of ether oxygens (including phenoxy) is 1. The number of nitrogens with zero attached hydrogens (tertiary/aromatic N) is 1. The standard InChI is InChI=1S/C30H22ClNO3/c31-27-11-5-10-25-29(26(18-32-30(25)27)22-6-2-1-3-7-22)23-8-4-9-24(17-23)35-19-21-14-12-20(13-15-21)16-28(33)34/h1-15,17-18H,16,19H2,(H,33,34). The Bertz CT molecular complexity index is 1500. The molecule has 35 heavy (non-hydrogen) atoms. The van der Waals surface area contributed by atoms with Crippen molar-refractivity contribution in [1.29, 1.82) is 0 Å². The lowest BCUT2D eigenvalue weighted by molar-refractivity contribution is -0.136. The fourth-order valence-electron chi connectivity index (χ4n) is 4.17. The van der Waals surface area contributed by atoms with Crippen LogP contribution in [0.1, 0.15) is 11.1 Å². The van der Waals surface area contributed by atoms with E-state index in [0.29, 0.717) is 11.6 Å². The van der Waals surface area contributed by atoms with Crippen molar-refractivity contribution in [3.05, 3.63) is 119 Å². The van der Waals surface area contributed by atoms with Crippen LogP contribution < -0.4 is 4.74 Å². The van der Waals surface area contributed by atoms with Gasteiger partial charge in [-0.15, -0.1) is 0 Å². The first kappa shape index (κ1) is 22.6. The lowest BCUT2D eigenvalue weighted by atomic mass is 9.92. The second-order valence-corrected chi connectivity index (χ2v) is 8.66. The van der Waals surface area contributed by atoms with E-state index in [9.17, 15) is 4.79 Å². The van der Waals surface area contributed by atoms with Gasteiger partial charge in [0.05, 0.1) is 17.0 Å². The summed E-state index contributed by atoms with van der Waals surface area (Å²) in [6.45, 7) is 0.380. The molecule has 0 saturated heterocycles. The molecule has 0 amide bonds. The van der Waals surface area contributed by atoms with Gasteiger partial charge >= 0.3 is 5.97 Å². The number of aromatic nitrogens is 1. The van der Waals surface area contributed by atoms with Crippen molar-refractivity contribution in [1.82, 2.24) is 4.98 Å². The molecule has 1 heterocycles. The SMILES string of the molecule is O=C(O)Cc1ccc(COc2cccc(-c3c(-c4ccccc4)cnc4c(Cl)cccc34)c2)cc1. The van der Waals surface area contributed by atoms with Crippen LogP contribution in [0, 0.1) is 0 Å². The Labute approximate surface area is 208 Å². The molecule has 0 aliphatic heterocycles. The zero-order valence-electron chi connectivity index (χ0n) is 18.8. The molecule has 1 aromatic heterocycles. The van der Waals surface area contributed by atoms with Gasteiger partial charge in [-0.2, -0.15) is 0 Å². The maximum Gasteiger partial charge on any atom is 0.307 e. The van der Waals surface area contributed by atoms with Gasteiger partial charge in [0.25, 0.3) is 0 Å². The van der Waals surface area contributed by atoms with E-state index in [2.05, 4.69) is 23.2 Å². The molecule has 5 heteroatoms. The first-order chi connectivity index (χ1) is 17.1. The number of carbonyl (C=O) groups is 1. The Morgan fingerprint density at radius 2 is 1.54 bits per heavy atom. The van der Waals surface area contributed by atoms with Crippen LogP contribution >= 0.6 is 11.6 Å². The average molecular weight is 480 g/mol. The highest BCUT2D eigenvalue weighted by molar-refractivity contribution is 6.35. The summed E-state index contributed by atoms with van der Waals surface area (Å²) in [7, 11) is 0. The number of carboxylic acids is 1. The molecule has 4 nitrogen and oxygen atoms in total. The van der Waals surface area contributed by atoms with Crippen LogP contribution in [-0.4, -0.2) is 16.1 Å². The predicted octanol–water partition coefficient (Wildman–Crippen LogP) is 7.43. The number of hydrogen-bond acceptors (Lipinski definition) is 3. The summed E-state index contributed by atoms with van der Waals surface area (Å²) in [5, 5.41) is 10.5. The molecule has 1 N–H and O–H groups in total. The molecule has 0 spiro atoms. The van der Waals surface area contributed by atoms with E-state index in [0.717, 1.165) is 50.0 Å². The molecule has 0 radical (unpaired) electrons. The third-order valence-corrected chi connectivity index (χ3v) is 6.14. The molecule has 0 aliphatic carbocycles. The Hall–Kier alpha value is -4.15. The molecule has 0 bridgehead atoms. The minimum absolute atomic E-state index is 0.0107. The highest BCUT2D eigenvalue weighted by Crippen LogP contribution is 2.39. The van der Waals surface area contributed by atoms with Gasteiger partial charge in [-0.3, -0.25) is 9.78 Å². The number of fused-ring (bicyclic) bond motifs is 1. The number of benzene rings is 4. The lowest BCUT2D eigenvalue weighted by Gasteiger charge is -2.15. The topological polar surface area (TPSA) is 59.4 Å². The third kappa shape index (κ3) is 5.03. The van der Waals surface area contributed by atoms with Crippen LogP contribution in [0.3, 0.4) is 0 Å². The highest BCUT2D eigenvalue weighted by atomic mass is 35.5. The summed E-state index contributed by atoms with van der Waals surface area (Å²) < 4.78 is 6.10. The number of rotatable bonds is 7. The van der Waals surface area contributed by atoms with E-state index >= 15 is 0 Å². The van der Waals surface area contributed by atoms with E-state index in [1.54, 1.807) is 0 Å². The quantitative estimate of drug-likeness (QED) is 0.263. The van der Waals surface area contributed by atoms with Crippen molar-refractivity contribution in [2.75, 3.05) is 0 Å². The first-order valence-corrected chi connectivity index (χ1v) is 11.6. The molecule has 172 valence electrons. The summed E-state index contributed by atoms with van der Waals surface area (Å²) in [5.74, 6) is -0.103. The van der Waals surface area contributed by atoms with Gasteiger partial charge in [0.15, 0.2) is 0 Å². The fourth-order valence-corrected chi connectivity index (χ4v) is 4.39. The number of hydrogen-bond donors (Lipinski definition) is 1. The van der Waals surface area contributed by atoms with Gasteiger partial charge in [0.1, 0.15) is 12.4 Å². The molecule has 5 rings (SSSR count). The number of halogens is 1. The highest BCUT2D eigenvalue weighted by Gasteiger charge is 2.15. The summed E-state index contributed by atoms with van der Waals surface area (Å²) in [5.41, 5.74) is 6.64. The smallest absolute Gasteiger partial charge is 0.307 e. The maximum absolute atomic E-state index is 10.9. The van der Waals surface area contributed by atoms with Crippen molar-refractivity contribution in [2.24, 2.45) is 0 Å². The molecule has 5 aromatic rings. The monoisotopic (exact) mass is 479 g/mol. The molecule has 0 fully saturated rings. The number of para-hydroxylation sites is 1. The van der Waals surface area contributed by atoms with Crippen molar-refractivity contribution < 1.29 is 14.6 Å². The molecule has 0 aliphatic rings. The minimum atomic E-state index is -0.842. The van der Waals surface area contributed by atoms with Gasteiger partial charge in [0, 0.05) is 22.7 Å². The molecule has 4 aromatic carbocycles. The van der Waals surface area contributed by atoms with E-state index in [1.165, 1.54) is 0 Å². The number of pyridine rings is 1. The molecule has 0 unspecified atom stereocenters. The Morgan fingerprint density at radius 1 is 0.829 bits per heavy atom. The Balaban J connectivity index is 1.50. The normalized spacial score (nSPS) is 10.9. The van der Waals surface area contributed by atoms with Gasteiger partial charge in [-0.05, 0) is 40.5 Å². The minimum Gasteiger partial charge on any atom is -0.489 e. The first-order valence-electron chi connectivity index (χ1n) is 11.2. The second-order valence-electron chi connectivity index (χ2n) is 8.25. The van der Waals surface area contributed by atoms with Crippen LogP contribution in [0.4, 0.5) is 0 Å². The molecule has 0 saturated carbocycles. The van der Waals surface area contributed by atoms with Crippen molar-refractivity contribution in [3.8, 4) is 28.0 Å². The third-order valence-electron chi connectivity index (χ3n) is 5.84. The Kier molecular flexibility index (Phi) is 6.47. The van der Waals surface area contributed by atoms with Gasteiger partial charge < -0.3 is 9.84 Å². The van der Waals surface area contributed by atoms with Crippen LogP contribution in [-0.2, 0) is 17.8 Å². The summed E-state index contributed by atoms with van der Waals surface area (Å²) >= 11 is 6.48. The molecular formula is C30H22ClNO3. The summed E-state index contributed by atoms with van der Waals surface area (Å²) in [4.78, 5) is 15.6. The summed E-state index contributed by atoms with van der Waals surface area (Å²) in [6.07, 6.45) is 1.89. The van der Waals surface area contributed by atoms with Crippen molar-refractivity contribution >= 4 is 28.5 Å².